The van der Waals surface area contributed by atoms with Gasteiger partial charge in [-0.1, -0.05) is 12.1 Å². The highest BCUT2D eigenvalue weighted by Crippen LogP contribution is 2.33. The summed E-state index contributed by atoms with van der Waals surface area (Å²) in [6.07, 6.45) is 3.89. The van der Waals surface area contributed by atoms with Crippen molar-refractivity contribution in [2.75, 3.05) is 6.26 Å². The Balaban J connectivity index is 2.04. The molecule has 100 valence electrons. The van der Waals surface area contributed by atoms with Crippen LogP contribution in [0.2, 0.25) is 0 Å². The van der Waals surface area contributed by atoms with Gasteiger partial charge in [0, 0.05) is 18.3 Å². The lowest BCUT2D eigenvalue weighted by atomic mass is 10.1. The average Bonchev–Trinajstić information content (AvgIpc) is 3.11. The van der Waals surface area contributed by atoms with Crippen LogP contribution in [0.4, 0.5) is 0 Å². The molecule has 0 aromatic heterocycles. The molecule has 0 spiro atoms. The van der Waals surface area contributed by atoms with Gasteiger partial charge < -0.3 is 5.32 Å². The normalized spacial score (nSPS) is 19.5. The van der Waals surface area contributed by atoms with E-state index in [9.17, 15) is 8.42 Å². The predicted molar refractivity (Wildman–Crippen MR) is 73.3 cm³/mol. The van der Waals surface area contributed by atoms with Gasteiger partial charge in [-0.3, -0.25) is 0 Å². The summed E-state index contributed by atoms with van der Waals surface area (Å²) in [6.45, 7) is 4.34. The summed E-state index contributed by atoms with van der Waals surface area (Å²) >= 11 is 0. The third-order valence-electron chi connectivity index (χ3n) is 3.65. The van der Waals surface area contributed by atoms with Crippen LogP contribution in [0.25, 0.3) is 0 Å². The molecule has 2 unspecified atom stereocenters. The zero-order chi connectivity index (χ0) is 13.3. The van der Waals surface area contributed by atoms with E-state index in [0.717, 1.165) is 11.5 Å². The molecule has 3 nitrogen and oxygen atoms in total. The zero-order valence-electron chi connectivity index (χ0n) is 11.2. The molecule has 1 aromatic carbocycles. The van der Waals surface area contributed by atoms with Gasteiger partial charge in [0.2, 0.25) is 0 Å². The van der Waals surface area contributed by atoms with Gasteiger partial charge in [0.15, 0.2) is 9.84 Å². The molecule has 2 atom stereocenters. The Hall–Kier alpha value is -0.870. The van der Waals surface area contributed by atoms with Gasteiger partial charge in [-0.25, -0.2) is 8.42 Å². The largest absolute Gasteiger partial charge is 0.307 e. The predicted octanol–water partition coefficient (Wildman–Crippen LogP) is 2.54. The lowest BCUT2D eigenvalue weighted by molar-refractivity contribution is 0.441. The number of rotatable bonds is 5. The lowest BCUT2D eigenvalue weighted by Crippen LogP contribution is -2.30. The summed E-state index contributed by atoms with van der Waals surface area (Å²) in [4.78, 5) is 0.383. The summed E-state index contributed by atoms with van der Waals surface area (Å²) in [6, 6.07) is 7.96. The molecule has 2 rings (SSSR count). The molecule has 1 aliphatic rings. The Morgan fingerprint density at radius 3 is 2.17 bits per heavy atom. The molecular weight excluding hydrogens is 246 g/mol. The number of benzene rings is 1. The minimum absolute atomic E-state index is 0.259. The van der Waals surface area contributed by atoms with E-state index in [1.54, 1.807) is 12.1 Å². The van der Waals surface area contributed by atoms with Crippen molar-refractivity contribution in [3.8, 4) is 0 Å². The van der Waals surface area contributed by atoms with Gasteiger partial charge >= 0.3 is 0 Å². The van der Waals surface area contributed by atoms with Crippen LogP contribution < -0.4 is 5.32 Å². The van der Waals surface area contributed by atoms with Crippen molar-refractivity contribution in [3.63, 3.8) is 0 Å². The van der Waals surface area contributed by atoms with Crippen LogP contribution in [0.15, 0.2) is 29.2 Å². The van der Waals surface area contributed by atoms with Crippen LogP contribution in [-0.4, -0.2) is 20.7 Å². The molecule has 1 aliphatic carbocycles. The van der Waals surface area contributed by atoms with Crippen molar-refractivity contribution in [1.29, 1.82) is 0 Å². The number of nitrogens with one attached hydrogen (secondary N) is 1. The first-order valence-corrected chi connectivity index (χ1v) is 8.33. The summed E-state index contributed by atoms with van der Waals surface area (Å²) in [5.41, 5.74) is 1.13. The van der Waals surface area contributed by atoms with E-state index < -0.39 is 9.84 Å². The molecule has 18 heavy (non-hydrogen) atoms. The van der Waals surface area contributed by atoms with E-state index in [1.165, 1.54) is 19.1 Å². The van der Waals surface area contributed by atoms with E-state index in [1.807, 2.05) is 12.1 Å². The van der Waals surface area contributed by atoms with Crippen molar-refractivity contribution in [3.05, 3.63) is 29.8 Å². The molecule has 0 amide bonds. The minimum atomic E-state index is -3.09. The molecular formula is C14H21NO2S. The third kappa shape index (κ3) is 3.33. The third-order valence-corrected chi connectivity index (χ3v) is 4.78. The van der Waals surface area contributed by atoms with E-state index in [4.69, 9.17) is 0 Å². The second-order valence-electron chi connectivity index (χ2n) is 5.36. The SMILES string of the molecule is CC(NC(C)C1CC1)c1ccc(S(C)(=O)=O)cc1. The van der Waals surface area contributed by atoms with Gasteiger partial charge in [0.1, 0.15) is 0 Å². The number of hydrogen-bond acceptors (Lipinski definition) is 3. The van der Waals surface area contributed by atoms with Gasteiger partial charge in [0.25, 0.3) is 0 Å². The Kier molecular flexibility index (Phi) is 3.78. The highest BCUT2D eigenvalue weighted by molar-refractivity contribution is 7.90. The molecule has 1 fully saturated rings. The second kappa shape index (κ2) is 5.02. The Morgan fingerprint density at radius 2 is 1.72 bits per heavy atom. The van der Waals surface area contributed by atoms with Crippen molar-refractivity contribution in [2.24, 2.45) is 5.92 Å². The van der Waals surface area contributed by atoms with Crippen LogP contribution >= 0.6 is 0 Å². The van der Waals surface area contributed by atoms with Crippen molar-refractivity contribution >= 4 is 9.84 Å². The number of sulfone groups is 1. The van der Waals surface area contributed by atoms with Crippen molar-refractivity contribution in [1.82, 2.24) is 5.32 Å². The first-order chi connectivity index (χ1) is 8.38. The topological polar surface area (TPSA) is 46.2 Å². The van der Waals surface area contributed by atoms with Crippen LogP contribution in [0.5, 0.6) is 0 Å². The van der Waals surface area contributed by atoms with Gasteiger partial charge in [-0.15, -0.1) is 0 Å². The number of hydrogen-bond donors (Lipinski definition) is 1. The van der Waals surface area contributed by atoms with Crippen molar-refractivity contribution < 1.29 is 8.42 Å². The van der Waals surface area contributed by atoms with Crippen LogP contribution in [0, 0.1) is 5.92 Å². The average molecular weight is 267 g/mol. The van der Waals surface area contributed by atoms with Gasteiger partial charge in [-0.05, 0) is 50.3 Å². The van der Waals surface area contributed by atoms with Crippen molar-refractivity contribution in [2.45, 2.75) is 43.7 Å². The molecule has 0 radical (unpaired) electrons. The molecule has 1 N–H and O–H groups in total. The monoisotopic (exact) mass is 267 g/mol. The maximum atomic E-state index is 11.4. The summed E-state index contributed by atoms with van der Waals surface area (Å²) in [7, 11) is -3.09. The van der Waals surface area contributed by atoms with Crippen LogP contribution in [-0.2, 0) is 9.84 Å². The zero-order valence-corrected chi connectivity index (χ0v) is 12.0. The second-order valence-corrected chi connectivity index (χ2v) is 7.37. The Labute approximate surface area is 110 Å². The molecule has 0 saturated heterocycles. The standard InChI is InChI=1S/C14H21NO2S/c1-10(12-4-5-12)15-11(2)13-6-8-14(9-7-13)18(3,16)17/h6-12,15H,4-5H2,1-3H3. The highest BCUT2D eigenvalue weighted by Gasteiger charge is 2.28. The summed E-state index contributed by atoms with van der Waals surface area (Å²) in [5, 5.41) is 3.57. The molecule has 4 heteroatoms. The smallest absolute Gasteiger partial charge is 0.175 e. The van der Waals surface area contributed by atoms with E-state index >= 15 is 0 Å². The fraction of sp³-hybridized carbons (Fsp3) is 0.571. The molecule has 0 bridgehead atoms. The van der Waals surface area contributed by atoms with Gasteiger partial charge in [0.05, 0.1) is 4.90 Å². The Bertz CT molecular complexity index is 503. The fourth-order valence-corrected chi connectivity index (χ4v) is 2.86. The quantitative estimate of drug-likeness (QED) is 0.891. The molecule has 1 aromatic rings. The maximum absolute atomic E-state index is 11.4. The van der Waals surface area contributed by atoms with Crippen LogP contribution in [0.1, 0.15) is 38.3 Å². The van der Waals surface area contributed by atoms with Crippen LogP contribution in [0.3, 0.4) is 0 Å². The first-order valence-electron chi connectivity index (χ1n) is 6.44. The van der Waals surface area contributed by atoms with E-state index in [-0.39, 0.29) is 6.04 Å². The molecule has 0 heterocycles. The summed E-state index contributed by atoms with van der Waals surface area (Å²) in [5.74, 6) is 0.822. The molecule has 0 aliphatic heterocycles. The first kappa shape index (κ1) is 13.6. The lowest BCUT2D eigenvalue weighted by Gasteiger charge is -2.20. The van der Waals surface area contributed by atoms with Gasteiger partial charge in [-0.2, -0.15) is 0 Å². The summed E-state index contributed by atoms with van der Waals surface area (Å²) < 4.78 is 22.7. The van der Waals surface area contributed by atoms with E-state index in [0.29, 0.717) is 10.9 Å². The Morgan fingerprint density at radius 1 is 1.17 bits per heavy atom. The highest BCUT2D eigenvalue weighted by atomic mass is 32.2. The maximum Gasteiger partial charge on any atom is 0.175 e. The fourth-order valence-electron chi connectivity index (χ4n) is 2.23. The minimum Gasteiger partial charge on any atom is -0.307 e. The van der Waals surface area contributed by atoms with E-state index in [2.05, 4.69) is 19.2 Å². The molecule has 1 saturated carbocycles.